The average Bonchev–Trinajstić information content (AvgIpc) is 2.53. The van der Waals surface area contributed by atoms with E-state index in [1.54, 1.807) is 24.3 Å². The summed E-state index contributed by atoms with van der Waals surface area (Å²) in [6.45, 7) is 0.471. The number of aromatic nitrogens is 1. The van der Waals surface area contributed by atoms with Gasteiger partial charge in [0, 0.05) is 17.0 Å². The Hall–Kier alpha value is -2.88. The molecule has 1 amide bonds. The van der Waals surface area contributed by atoms with Crippen LogP contribution in [0, 0.1) is 0 Å². The SMILES string of the molecule is NC(=O)c1ccc2nc(OCc3ccccc3)ccc2c1. The van der Waals surface area contributed by atoms with Crippen molar-refractivity contribution in [2.45, 2.75) is 6.61 Å². The lowest BCUT2D eigenvalue weighted by atomic mass is 10.1. The van der Waals surface area contributed by atoms with Gasteiger partial charge in [0.1, 0.15) is 6.61 Å². The maximum atomic E-state index is 11.1. The van der Waals surface area contributed by atoms with Crippen LogP contribution in [-0.4, -0.2) is 10.9 Å². The summed E-state index contributed by atoms with van der Waals surface area (Å²) in [5, 5.41) is 0.860. The van der Waals surface area contributed by atoms with E-state index in [2.05, 4.69) is 4.98 Å². The molecule has 0 bridgehead atoms. The minimum Gasteiger partial charge on any atom is -0.473 e. The molecule has 1 heterocycles. The Morgan fingerprint density at radius 2 is 1.86 bits per heavy atom. The van der Waals surface area contributed by atoms with Gasteiger partial charge in [0.2, 0.25) is 11.8 Å². The van der Waals surface area contributed by atoms with E-state index in [1.165, 1.54) is 0 Å². The number of ether oxygens (including phenoxy) is 1. The van der Waals surface area contributed by atoms with Crippen molar-refractivity contribution in [3.63, 3.8) is 0 Å². The van der Waals surface area contributed by atoms with Gasteiger partial charge in [-0.15, -0.1) is 0 Å². The molecule has 2 aromatic carbocycles. The van der Waals surface area contributed by atoms with Crippen LogP contribution in [0.25, 0.3) is 10.9 Å². The van der Waals surface area contributed by atoms with Crippen LogP contribution in [0.3, 0.4) is 0 Å². The first-order valence-corrected chi connectivity index (χ1v) is 6.60. The van der Waals surface area contributed by atoms with Crippen LogP contribution in [0.4, 0.5) is 0 Å². The van der Waals surface area contributed by atoms with Gasteiger partial charge in [-0.1, -0.05) is 30.3 Å². The molecule has 1 aromatic heterocycles. The molecule has 4 heteroatoms. The molecule has 0 fully saturated rings. The summed E-state index contributed by atoms with van der Waals surface area (Å²) in [6.07, 6.45) is 0. The van der Waals surface area contributed by atoms with Crippen LogP contribution < -0.4 is 10.5 Å². The lowest BCUT2D eigenvalue weighted by molar-refractivity contribution is 0.100. The smallest absolute Gasteiger partial charge is 0.248 e. The maximum absolute atomic E-state index is 11.1. The zero-order chi connectivity index (χ0) is 14.7. The van der Waals surface area contributed by atoms with Crippen molar-refractivity contribution in [2.75, 3.05) is 0 Å². The number of primary amides is 1. The molecular weight excluding hydrogens is 264 g/mol. The molecule has 0 spiro atoms. The fourth-order valence-corrected chi connectivity index (χ4v) is 2.07. The van der Waals surface area contributed by atoms with Crippen molar-refractivity contribution in [1.82, 2.24) is 4.98 Å². The molecule has 3 aromatic rings. The fraction of sp³-hybridized carbons (Fsp3) is 0.0588. The number of carbonyl (C=O) groups excluding carboxylic acids is 1. The van der Waals surface area contributed by atoms with E-state index in [0.29, 0.717) is 18.1 Å². The van der Waals surface area contributed by atoms with Crippen LogP contribution in [0.1, 0.15) is 15.9 Å². The maximum Gasteiger partial charge on any atom is 0.248 e. The Labute approximate surface area is 122 Å². The molecular formula is C17H14N2O2. The number of carbonyl (C=O) groups is 1. The molecule has 0 atom stereocenters. The van der Waals surface area contributed by atoms with Crippen LogP contribution in [-0.2, 0) is 6.61 Å². The number of rotatable bonds is 4. The third-order valence-electron chi connectivity index (χ3n) is 3.18. The number of fused-ring (bicyclic) bond motifs is 1. The van der Waals surface area contributed by atoms with Gasteiger partial charge in [-0.2, -0.15) is 0 Å². The molecule has 0 aliphatic carbocycles. The molecule has 4 nitrogen and oxygen atoms in total. The fourth-order valence-electron chi connectivity index (χ4n) is 2.07. The number of amides is 1. The summed E-state index contributed by atoms with van der Waals surface area (Å²) in [5.74, 6) is 0.111. The summed E-state index contributed by atoms with van der Waals surface area (Å²) in [7, 11) is 0. The van der Waals surface area contributed by atoms with E-state index < -0.39 is 5.91 Å². The van der Waals surface area contributed by atoms with Crippen molar-refractivity contribution in [3.8, 4) is 5.88 Å². The van der Waals surface area contributed by atoms with Crippen molar-refractivity contribution in [1.29, 1.82) is 0 Å². The Balaban J connectivity index is 1.81. The number of nitrogens with two attached hydrogens (primary N) is 1. The molecule has 0 aliphatic rings. The van der Waals surface area contributed by atoms with Gasteiger partial charge in [-0.3, -0.25) is 4.79 Å². The molecule has 3 rings (SSSR count). The van der Waals surface area contributed by atoms with Crippen molar-refractivity contribution in [2.24, 2.45) is 5.73 Å². The number of benzene rings is 2. The Kier molecular flexibility index (Phi) is 3.51. The summed E-state index contributed by atoms with van der Waals surface area (Å²) >= 11 is 0. The first kappa shape index (κ1) is 13.1. The minimum absolute atomic E-state index is 0.443. The second kappa shape index (κ2) is 5.63. The highest BCUT2D eigenvalue weighted by Crippen LogP contribution is 2.19. The molecule has 2 N–H and O–H groups in total. The highest BCUT2D eigenvalue weighted by molar-refractivity contribution is 5.96. The second-order valence-corrected chi connectivity index (χ2v) is 4.70. The standard InChI is InChI=1S/C17H14N2O2/c18-17(20)14-6-8-15-13(10-14)7-9-16(19-15)21-11-12-4-2-1-3-5-12/h1-10H,11H2,(H2,18,20). The van der Waals surface area contributed by atoms with Crippen molar-refractivity contribution >= 4 is 16.8 Å². The zero-order valence-corrected chi connectivity index (χ0v) is 11.3. The Morgan fingerprint density at radius 3 is 2.62 bits per heavy atom. The van der Waals surface area contributed by atoms with Gasteiger partial charge in [0.05, 0.1) is 5.52 Å². The first-order chi connectivity index (χ1) is 10.2. The third-order valence-corrected chi connectivity index (χ3v) is 3.18. The van der Waals surface area contributed by atoms with E-state index >= 15 is 0 Å². The second-order valence-electron chi connectivity index (χ2n) is 4.70. The molecule has 0 unspecified atom stereocenters. The highest BCUT2D eigenvalue weighted by Gasteiger charge is 2.04. The van der Waals surface area contributed by atoms with Crippen LogP contribution in [0.15, 0.2) is 60.7 Å². The van der Waals surface area contributed by atoms with Crippen molar-refractivity contribution in [3.05, 3.63) is 71.8 Å². The molecule has 104 valence electrons. The van der Waals surface area contributed by atoms with Crippen LogP contribution in [0.5, 0.6) is 5.88 Å². The summed E-state index contributed by atoms with van der Waals surface area (Å²) in [6, 6.07) is 18.7. The lowest BCUT2D eigenvalue weighted by Gasteiger charge is -2.07. The van der Waals surface area contributed by atoms with Gasteiger partial charge in [-0.25, -0.2) is 4.98 Å². The lowest BCUT2D eigenvalue weighted by Crippen LogP contribution is -2.10. The predicted octanol–water partition coefficient (Wildman–Crippen LogP) is 2.91. The molecule has 21 heavy (non-hydrogen) atoms. The third kappa shape index (κ3) is 3.00. The number of hydrogen-bond acceptors (Lipinski definition) is 3. The van der Waals surface area contributed by atoms with E-state index in [4.69, 9.17) is 10.5 Å². The zero-order valence-electron chi connectivity index (χ0n) is 11.3. The van der Waals surface area contributed by atoms with Crippen LogP contribution >= 0.6 is 0 Å². The van der Waals surface area contributed by atoms with Crippen LogP contribution in [0.2, 0.25) is 0 Å². The summed E-state index contributed by atoms with van der Waals surface area (Å²) in [4.78, 5) is 15.6. The minimum atomic E-state index is -0.443. The summed E-state index contributed by atoms with van der Waals surface area (Å²) in [5.41, 5.74) is 7.59. The van der Waals surface area contributed by atoms with E-state index in [-0.39, 0.29) is 0 Å². The molecule has 0 saturated carbocycles. The number of nitrogens with zero attached hydrogens (tertiary/aromatic N) is 1. The largest absolute Gasteiger partial charge is 0.473 e. The highest BCUT2D eigenvalue weighted by atomic mass is 16.5. The normalized spacial score (nSPS) is 10.5. The van der Waals surface area contributed by atoms with E-state index in [0.717, 1.165) is 16.5 Å². The van der Waals surface area contributed by atoms with E-state index in [9.17, 15) is 4.79 Å². The van der Waals surface area contributed by atoms with E-state index in [1.807, 2.05) is 36.4 Å². The monoisotopic (exact) mass is 278 g/mol. The molecule has 0 aliphatic heterocycles. The topological polar surface area (TPSA) is 65.2 Å². The van der Waals surface area contributed by atoms with Gasteiger partial charge < -0.3 is 10.5 Å². The van der Waals surface area contributed by atoms with Gasteiger partial charge in [0.15, 0.2) is 0 Å². The molecule has 0 radical (unpaired) electrons. The quantitative estimate of drug-likeness (QED) is 0.798. The first-order valence-electron chi connectivity index (χ1n) is 6.60. The predicted molar refractivity (Wildman–Crippen MR) is 81.0 cm³/mol. The molecule has 0 saturated heterocycles. The van der Waals surface area contributed by atoms with Gasteiger partial charge >= 0.3 is 0 Å². The van der Waals surface area contributed by atoms with Crippen molar-refractivity contribution < 1.29 is 9.53 Å². The van der Waals surface area contributed by atoms with Gasteiger partial charge in [-0.05, 0) is 29.8 Å². The number of hydrogen-bond donors (Lipinski definition) is 1. The Bertz CT molecular complexity index is 785. The average molecular weight is 278 g/mol. The van der Waals surface area contributed by atoms with Gasteiger partial charge in [0.25, 0.3) is 0 Å². The number of pyridine rings is 1. The Morgan fingerprint density at radius 1 is 1.05 bits per heavy atom. The summed E-state index contributed by atoms with van der Waals surface area (Å²) < 4.78 is 5.68.